The molecular formula is C14H21F2N3. The van der Waals surface area contributed by atoms with Crippen molar-refractivity contribution in [1.29, 1.82) is 0 Å². The maximum Gasteiger partial charge on any atom is 0.168 e. The Balaban J connectivity index is 2.21. The van der Waals surface area contributed by atoms with E-state index < -0.39 is 11.6 Å². The minimum atomic E-state index is -0.636. The first-order valence-electron chi connectivity index (χ1n) is 7.00. The van der Waals surface area contributed by atoms with E-state index in [0.29, 0.717) is 19.0 Å². The zero-order valence-electron chi connectivity index (χ0n) is 11.5. The average Bonchev–Trinajstić information content (AvgIpc) is 2.33. The van der Waals surface area contributed by atoms with Gasteiger partial charge in [0, 0.05) is 25.7 Å². The van der Waals surface area contributed by atoms with Crippen LogP contribution in [0.4, 0.5) is 20.4 Å². The monoisotopic (exact) mass is 269 g/mol. The fourth-order valence-electron chi connectivity index (χ4n) is 2.32. The van der Waals surface area contributed by atoms with Gasteiger partial charge in [0.25, 0.3) is 0 Å². The number of anilines is 2. The Labute approximate surface area is 113 Å². The highest BCUT2D eigenvalue weighted by molar-refractivity contribution is 5.49. The lowest BCUT2D eigenvalue weighted by atomic mass is 9.85. The van der Waals surface area contributed by atoms with Crippen LogP contribution in [-0.4, -0.2) is 24.6 Å². The number of aromatic nitrogens is 1. The van der Waals surface area contributed by atoms with Crippen LogP contribution >= 0.6 is 0 Å². The second-order valence-corrected chi connectivity index (χ2v) is 4.99. The lowest BCUT2D eigenvalue weighted by Crippen LogP contribution is -2.33. The summed E-state index contributed by atoms with van der Waals surface area (Å²) >= 11 is 0. The molecule has 0 unspecified atom stereocenters. The van der Waals surface area contributed by atoms with Gasteiger partial charge in [-0.05, 0) is 32.6 Å². The third-order valence-corrected chi connectivity index (χ3v) is 3.64. The number of pyridine rings is 1. The highest BCUT2D eigenvalue weighted by atomic mass is 19.1. The molecular weight excluding hydrogens is 248 g/mol. The molecule has 5 heteroatoms. The van der Waals surface area contributed by atoms with E-state index in [9.17, 15) is 8.78 Å². The Hall–Kier alpha value is -1.39. The van der Waals surface area contributed by atoms with Crippen LogP contribution in [0.15, 0.2) is 6.07 Å². The molecule has 2 rings (SSSR count). The van der Waals surface area contributed by atoms with Crippen LogP contribution in [-0.2, 0) is 0 Å². The summed E-state index contributed by atoms with van der Waals surface area (Å²) in [5.41, 5.74) is 0. The van der Waals surface area contributed by atoms with Crippen molar-refractivity contribution in [3.05, 3.63) is 17.7 Å². The van der Waals surface area contributed by atoms with E-state index in [2.05, 4.69) is 10.3 Å². The predicted molar refractivity (Wildman–Crippen MR) is 73.5 cm³/mol. The van der Waals surface area contributed by atoms with Gasteiger partial charge in [0.2, 0.25) is 0 Å². The summed E-state index contributed by atoms with van der Waals surface area (Å²) in [5, 5.41) is 2.82. The number of nitrogens with one attached hydrogen (secondary N) is 1. The Morgan fingerprint density at radius 3 is 2.58 bits per heavy atom. The normalized spacial score (nSPS) is 15.2. The SMILES string of the molecule is CCNc1nc(N(CC)CC2CCC2)c(F)cc1F. The third-order valence-electron chi connectivity index (χ3n) is 3.64. The maximum atomic E-state index is 13.9. The highest BCUT2D eigenvalue weighted by Crippen LogP contribution is 2.30. The maximum absolute atomic E-state index is 13.9. The van der Waals surface area contributed by atoms with Gasteiger partial charge < -0.3 is 10.2 Å². The summed E-state index contributed by atoms with van der Waals surface area (Å²) in [6, 6.07) is 0.920. The largest absolute Gasteiger partial charge is 0.368 e. The van der Waals surface area contributed by atoms with Crippen LogP contribution in [0.25, 0.3) is 0 Å². The minimum absolute atomic E-state index is 0.131. The van der Waals surface area contributed by atoms with Gasteiger partial charge in [0.05, 0.1) is 0 Å². The summed E-state index contributed by atoms with van der Waals surface area (Å²) in [6.45, 7) is 5.87. The van der Waals surface area contributed by atoms with E-state index in [4.69, 9.17) is 0 Å². The first-order chi connectivity index (χ1) is 9.15. The standard InChI is InChI=1S/C14H21F2N3/c1-3-17-13-11(15)8-12(16)14(18-13)19(4-2)9-10-6-5-7-10/h8,10H,3-7,9H2,1-2H3,(H,17,18). The molecule has 0 amide bonds. The van der Waals surface area contributed by atoms with Crippen molar-refractivity contribution in [2.45, 2.75) is 33.1 Å². The van der Waals surface area contributed by atoms with Gasteiger partial charge >= 0.3 is 0 Å². The molecule has 19 heavy (non-hydrogen) atoms. The van der Waals surface area contributed by atoms with E-state index in [0.717, 1.165) is 12.6 Å². The van der Waals surface area contributed by atoms with Crippen molar-refractivity contribution in [2.24, 2.45) is 5.92 Å². The molecule has 1 heterocycles. The van der Waals surface area contributed by atoms with E-state index >= 15 is 0 Å². The van der Waals surface area contributed by atoms with Gasteiger partial charge in [-0.2, -0.15) is 0 Å². The fraction of sp³-hybridized carbons (Fsp3) is 0.643. The molecule has 0 bridgehead atoms. The zero-order valence-corrected chi connectivity index (χ0v) is 11.5. The minimum Gasteiger partial charge on any atom is -0.368 e. The number of hydrogen-bond acceptors (Lipinski definition) is 3. The van der Waals surface area contributed by atoms with Crippen LogP contribution in [0.2, 0.25) is 0 Å². The second kappa shape index (κ2) is 6.17. The van der Waals surface area contributed by atoms with Crippen LogP contribution in [0.3, 0.4) is 0 Å². The van der Waals surface area contributed by atoms with Gasteiger partial charge in [-0.15, -0.1) is 0 Å². The van der Waals surface area contributed by atoms with Crippen LogP contribution in [0.5, 0.6) is 0 Å². The van der Waals surface area contributed by atoms with E-state index in [1.807, 2.05) is 18.7 Å². The molecule has 1 saturated carbocycles. The fourth-order valence-corrected chi connectivity index (χ4v) is 2.32. The Morgan fingerprint density at radius 2 is 2.05 bits per heavy atom. The van der Waals surface area contributed by atoms with E-state index in [-0.39, 0.29) is 11.6 Å². The molecule has 1 fully saturated rings. The van der Waals surface area contributed by atoms with E-state index in [1.165, 1.54) is 19.3 Å². The summed E-state index contributed by atoms with van der Waals surface area (Å²) in [5.74, 6) is -0.213. The van der Waals surface area contributed by atoms with Crippen LogP contribution < -0.4 is 10.2 Å². The molecule has 1 aromatic rings. The van der Waals surface area contributed by atoms with Gasteiger partial charge in [0.1, 0.15) is 0 Å². The summed E-state index contributed by atoms with van der Waals surface area (Å²) in [4.78, 5) is 6.01. The van der Waals surface area contributed by atoms with E-state index in [1.54, 1.807) is 0 Å². The zero-order chi connectivity index (χ0) is 13.8. The van der Waals surface area contributed by atoms with Gasteiger partial charge in [0.15, 0.2) is 23.3 Å². The van der Waals surface area contributed by atoms with Crippen molar-refractivity contribution in [2.75, 3.05) is 29.9 Å². The molecule has 0 aromatic carbocycles. The molecule has 106 valence electrons. The summed E-state index contributed by atoms with van der Waals surface area (Å²) in [6.07, 6.45) is 3.64. The molecule has 1 aromatic heterocycles. The number of hydrogen-bond donors (Lipinski definition) is 1. The molecule has 0 spiro atoms. The Bertz CT molecular complexity index is 433. The molecule has 0 atom stereocenters. The van der Waals surface area contributed by atoms with Gasteiger partial charge in [-0.1, -0.05) is 6.42 Å². The number of nitrogens with zero attached hydrogens (tertiary/aromatic N) is 2. The molecule has 0 aliphatic heterocycles. The Morgan fingerprint density at radius 1 is 1.32 bits per heavy atom. The highest BCUT2D eigenvalue weighted by Gasteiger charge is 2.23. The summed E-state index contributed by atoms with van der Waals surface area (Å²) in [7, 11) is 0. The van der Waals surface area contributed by atoms with Gasteiger partial charge in [-0.3, -0.25) is 0 Å². The molecule has 1 N–H and O–H groups in total. The first kappa shape index (κ1) is 14.0. The lowest BCUT2D eigenvalue weighted by molar-refractivity contribution is 0.317. The number of halogens is 2. The van der Waals surface area contributed by atoms with Crippen molar-refractivity contribution < 1.29 is 8.78 Å². The third kappa shape index (κ3) is 3.14. The molecule has 1 aliphatic rings. The molecule has 3 nitrogen and oxygen atoms in total. The predicted octanol–water partition coefficient (Wildman–Crippen LogP) is 3.42. The Kier molecular flexibility index (Phi) is 4.56. The average molecular weight is 269 g/mol. The topological polar surface area (TPSA) is 28.2 Å². The molecule has 1 aliphatic carbocycles. The van der Waals surface area contributed by atoms with Crippen LogP contribution in [0, 0.1) is 17.6 Å². The second-order valence-electron chi connectivity index (χ2n) is 4.99. The van der Waals surface area contributed by atoms with Crippen molar-refractivity contribution in [3.8, 4) is 0 Å². The lowest BCUT2D eigenvalue weighted by Gasteiger charge is -2.32. The smallest absolute Gasteiger partial charge is 0.168 e. The first-order valence-corrected chi connectivity index (χ1v) is 7.00. The van der Waals surface area contributed by atoms with Crippen LogP contribution in [0.1, 0.15) is 33.1 Å². The van der Waals surface area contributed by atoms with Gasteiger partial charge in [-0.25, -0.2) is 13.8 Å². The molecule has 0 saturated heterocycles. The van der Waals surface area contributed by atoms with Crippen molar-refractivity contribution >= 4 is 11.6 Å². The van der Waals surface area contributed by atoms with Crippen molar-refractivity contribution in [3.63, 3.8) is 0 Å². The van der Waals surface area contributed by atoms with Crippen molar-refractivity contribution in [1.82, 2.24) is 4.98 Å². The number of rotatable bonds is 6. The summed E-state index contributed by atoms with van der Waals surface area (Å²) < 4.78 is 27.4. The molecule has 0 radical (unpaired) electrons. The quantitative estimate of drug-likeness (QED) is 0.857.